The molecular formula is C20H23BrClFN4O3S. The van der Waals surface area contributed by atoms with Gasteiger partial charge in [-0.05, 0) is 43.0 Å². The molecule has 0 aliphatic carbocycles. The molecule has 0 radical (unpaired) electrons. The summed E-state index contributed by atoms with van der Waals surface area (Å²) in [6, 6.07) is -0.0843. The number of likely N-dealkylation sites (N-methyl/N-ethyl adjacent to an activating group) is 1. The van der Waals surface area contributed by atoms with Crippen LogP contribution in [-0.4, -0.2) is 65.6 Å². The van der Waals surface area contributed by atoms with Gasteiger partial charge in [-0.25, -0.2) is 19.2 Å². The van der Waals surface area contributed by atoms with Gasteiger partial charge in [-0.3, -0.25) is 0 Å². The van der Waals surface area contributed by atoms with Gasteiger partial charge in [0.1, 0.15) is 22.0 Å². The molecular weight excluding hydrogens is 511 g/mol. The lowest BCUT2D eigenvalue weighted by atomic mass is 10.0. The van der Waals surface area contributed by atoms with Crippen LogP contribution in [0, 0.1) is 11.7 Å². The van der Waals surface area contributed by atoms with E-state index in [2.05, 4.69) is 25.9 Å². The van der Waals surface area contributed by atoms with E-state index in [1.165, 1.54) is 11.8 Å². The van der Waals surface area contributed by atoms with Crippen molar-refractivity contribution >= 4 is 62.1 Å². The first-order chi connectivity index (χ1) is 14.5. The molecule has 1 fully saturated rings. The van der Waals surface area contributed by atoms with Crippen LogP contribution in [0.1, 0.15) is 20.8 Å². The summed E-state index contributed by atoms with van der Waals surface area (Å²) in [5.41, 5.74) is -0.436. The Morgan fingerprint density at radius 1 is 1.35 bits per heavy atom. The molecule has 1 aromatic heterocycles. The zero-order valence-electron chi connectivity index (χ0n) is 17.8. The van der Waals surface area contributed by atoms with Gasteiger partial charge in [-0.2, -0.15) is 0 Å². The minimum Gasteiger partial charge on any atom is -0.491 e. The fourth-order valence-corrected chi connectivity index (χ4v) is 4.93. The summed E-state index contributed by atoms with van der Waals surface area (Å²) in [5, 5.41) is 1.01. The summed E-state index contributed by atoms with van der Waals surface area (Å²) >= 11 is 11.0. The molecule has 2 aromatic rings. The average Bonchev–Trinajstić information content (AvgIpc) is 3.12. The Bertz CT molecular complexity index is 1070. The Balaban J connectivity index is 1.80. The van der Waals surface area contributed by atoms with E-state index in [0.29, 0.717) is 41.8 Å². The van der Waals surface area contributed by atoms with Gasteiger partial charge in [0, 0.05) is 26.1 Å². The highest BCUT2D eigenvalue weighted by Crippen LogP contribution is 2.47. The van der Waals surface area contributed by atoms with Crippen molar-refractivity contribution in [2.45, 2.75) is 37.6 Å². The normalized spacial score (nSPS) is 20.9. The number of likely N-dealkylation sites (tertiary alicyclic amines) is 1. The zero-order chi connectivity index (χ0) is 22.7. The molecule has 3 heterocycles. The first-order valence-corrected chi connectivity index (χ1v) is 12.2. The molecule has 2 aliphatic rings. The number of rotatable bonds is 1. The largest absolute Gasteiger partial charge is 0.491 e. The van der Waals surface area contributed by atoms with Crippen molar-refractivity contribution < 1.29 is 18.7 Å². The molecule has 2 atom stereocenters. The second-order valence-corrected chi connectivity index (χ2v) is 10.6. The molecule has 11 heteroatoms. The molecule has 2 aliphatic heterocycles. The van der Waals surface area contributed by atoms with E-state index in [-0.39, 0.29) is 33.1 Å². The number of fused-ring (bicyclic) bond motifs is 1. The molecule has 7 nitrogen and oxygen atoms in total. The summed E-state index contributed by atoms with van der Waals surface area (Å²) in [7, 11) is 1.89. The van der Waals surface area contributed by atoms with Gasteiger partial charge >= 0.3 is 6.09 Å². The van der Waals surface area contributed by atoms with E-state index in [1.54, 1.807) is 4.90 Å². The second kappa shape index (κ2) is 8.12. The number of carbonyl (C=O) groups excluding carboxylic acids is 1. The van der Waals surface area contributed by atoms with Crippen LogP contribution >= 0.6 is 39.3 Å². The van der Waals surface area contributed by atoms with Crippen LogP contribution in [0.2, 0.25) is 5.02 Å². The maximum atomic E-state index is 15.1. The van der Waals surface area contributed by atoms with Crippen molar-refractivity contribution in [3.05, 3.63) is 15.3 Å². The number of benzene rings is 1. The highest BCUT2D eigenvalue weighted by atomic mass is 79.9. The lowest BCUT2D eigenvalue weighted by Crippen LogP contribution is -2.42. The van der Waals surface area contributed by atoms with Crippen LogP contribution < -0.4 is 9.64 Å². The Morgan fingerprint density at radius 2 is 2.06 bits per heavy atom. The second-order valence-electron chi connectivity index (χ2n) is 8.66. The predicted octanol–water partition coefficient (Wildman–Crippen LogP) is 4.97. The Kier molecular flexibility index (Phi) is 5.93. The molecule has 168 valence electrons. The van der Waals surface area contributed by atoms with E-state index in [0.717, 1.165) is 0 Å². The van der Waals surface area contributed by atoms with Crippen LogP contribution in [0.15, 0.2) is 9.63 Å². The van der Waals surface area contributed by atoms with Gasteiger partial charge < -0.3 is 19.3 Å². The lowest BCUT2D eigenvalue weighted by molar-refractivity contribution is 0.0284. The third-order valence-electron chi connectivity index (χ3n) is 5.40. The van der Waals surface area contributed by atoms with Crippen LogP contribution in [0.4, 0.5) is 15.0 Å². The Morgan fingerprint density at radius 3 is 2.71 bits per heavy atom. The fourth-order valence-electron chi connectivity index (χ4n) is 3.97. The molecule has 0 N–H and O–H groups in total. The highest BCUT2D eigenvalue weighted by Gasteiger charge is 2.42. The highest BCUT2D eigenvalue weighted by molar-refractivity contribution is 9.10. The number of nitrogens with zero attached hydrogens (tertiary/aromatic N) is 4. The van der Waals surface area contributed by atoms with E-state index >= 15 is 4.39 Å². The van der Waals surface area contributed by atoms with Gasteiger partial charge in [0.15, 0.2) is 16.7 Å². The SMILES string of the molecule is CSc1nc2c3c(c(Cl)c(Br)c(F)c3n1)OCC1CN(C(=O)OC(C)(C)C)CC1N2C. The van der Waals surface area contributed by atoms with Crippen LogP contribution in [0.5, 0.6) is 5.75 Å². The minimum absolute atomic E-state index is 0.00620. The molecule has 1 aromatic carbocycles. The third kappa shape index (κ3) is 4.02. The summed E-state index contributed by atoms with van der Waals surface area (Å²) in [6.45, 7) is 6.75. The summed E-state index contributed by atoms with van der Waals surface area (Å²) in [4.78, 5) is 25.4. The van der Waals surface area contributed by atoms with Gasteiger partial charge in [0.2, 0.25) is 0 Å². The number of aromatic nitrogens is 2. The smallest absolute Gasteiger partial charge is 0.410 e. The maximum Gasteiger partial charge on any atom is 0.410 e. The van der Waals surface area contributed by atoms with Gasteiger partial charge in [0.05, 0.1) is 22.5 Å². The van der Waals surface area contributed by atoms with Gasteiger partial charge in [-0.15, -0.1) is 0 Å². The molecule has 1 amide bonds. The minimum atomic E-state index is -0.583. The summed E-state index contributed by atoms with van der Waals surface area (Å²) < 4.78 is 26.8. The molecule has 4 rings (SSSR count). The van der Waals surface area contributed by atoms with E-state index in [9.17, 15) is 4.79 Å². The van der Waals surface area contributed by atoms with Crippen molar-refractivity contribution in [1.82, 2.24) is 14.9 Å². The van der Waals surface area contributed by atoms with Crippen molar-refractivity contribution in [1.29, 1.82) is 0 Å². The number of hydrogen-bond acceptors (Lipinski definition) is 7. The monoisotopic (exact) mass is 532 g/mol. The van der Waals surface area contributed by atoms with Crippen LogP contribution in [-0.2, 0) is 4.74 Å². The van der Waals surface area contributed by atoms with Crippen LogP contribution in [0.25, 0.3) is 10.9 Å². The lowest BCUT2D eigenvalue weighted by Gasteiger charge is -2.33. The van der Waals surface area contributed by atoms with E-state index in [1.807, 2.05) is 39.0 Å². The van der Waals surface area contributed by atoms with Crippen molar-refractivity contribution in [2.75, 3.05) is 37.9 Å². The number of ether oxygens (including phenoxy) is 2. The number of carbonyl (C=O) groups is 1. The van der Waals surface area contributed by atoms with E-state index in [4.69, 9.17) is 21.1 Å². The number of anilines is 1. The Labute approximate surface area is 197 Å². The number of amides is 1. The number of halogens is 3. The third-order valence-corrected chi connectivity index (χ3v) is 7.28. The maximum absolute atomic E-state index is 15.1. The summed E-state index contributed by atoms with van der Waals surface area (Å²) in [6.07, 6.45) is 1.47. The first-order valence-electron chi connectivity index (χ1n) is 9.77. The van der Waals surface area contributed by atoms with Crippen LogP contribution in [0.3, 0.4) is 0 Å². The molecule has 0 saturated carbocycles. The molecule has 0 bridgehead atoms. The molecule has 31 heavy (non-hydrogen) atoms. The van der Waals surface area contributed by atoms with Crippen molar-refractivity contribution in [3.8, 4) is 5.75 Å². The number of thioether (sulfide) groups is 1. The van der Waals surface area contributed by atoms with Gasteiger partial charge in [-0.1, -0.05) is 23.4 Å². The Hall–Kier alpha value is -1.52. The standard InChI is InChI=1S/C20H23BrClFN4O3S/c1-20(2,3)30-19(28)27-6-9-8-29-16-11-15(14(23)12(21)13(16)22)24-18(31-5)25-17(11)26(4)10(9)7-27/h9-10H,6-8H2,1-5H3. The molecule has 2 unspecified atom stereocenters. The first kappa shape index (κ1) is 22.7. The van der Waals surface area contributed by atoms with Crippen molar-refractivity contribution in [2.24, 2.45) is 5.92 Å². The number of hydrogen-bond donors (Lipinski definition) is 0. The van der Waals surface area contributed by atoms with Crippen molar-refractivity contribution in [3.63, 3.8) is 0 Å². The summed E-state index contributed by atoms with van der Waals surface area (Å²) in [5.74, 6) is 0.305. The fraction of sp³-hybridized carbons (Fsp3) is 0.550. The van der Waals surface area contributed by atoms with E-state index < -0.39 is 11.4 Å². The molecule has 1 saturated heterocycles. The topological polar surface area (TPSA) is 67.8 Å². The van der Waals surface area contributed by atoms with Gasteiger partial charge in [0.25, 0.3) is 0 Å². The molecule has 0 spiro atoms. The average molecular weight is 534 g/mol. The quantitative estimate of drug-likeness (QED) is 0.291. The predicted molar refractivity (Wildman–Crippen MR) is 123 cm³/mol. The zero-order valence-corrected chi connectivity index (χ0v) is 21.0.